The van der Waals surface area contributed by atoms with Crippen molar-refractivity contribution < 1.29 is 19.5 Å². The average molecular weight is 297 g/mol. The molecule has 0 aliphatic carbocycles. The molecule has 1 heterocycles. The number of carbonyl (C=O) groups excluding carboxylic acids is 2. The van der Waals surface area contributed by atoms with Crippen LogP contribution in [0.5, 0.6) is 0 Å². The molecule has 106 valence electrons. The van der Waals surface area contributed by atoms with E-state index in [9.17, 15) is 14.4 Å². The van der Waals surface area contributed by atoms with E-state index in [0.717, 1.165) is 0 Å². The Morgan fingerprint density at radius 3 is 2.65 bits per heavy atom. The van der Waals surface area contributed by atoms with E-state index in [2.05, 4.69) is 0 Å². The Labute approximate surface area is 120 Å². The van der Waals surface area contributed by atoms with Gasteiger partial charge in [-0.2, -0.15) is 0 Å². The maximum atomic E-state index is 11.7. The smallest absolute Gasteiger partial charge is 0.308 e. The first-order valence-electron chi connectivity index (χ1n) is 5.97. The molecule has 0 radical (unpaired) electrons. The van der Waals surface area contributed by atoms with Gasteiger partial charge in [-0.05, 0) is 17.7 Å². The zero-order valence-corrected chi connectivity index (χ0v) is 11.3. The summed E-state index contributed by atoms with van der Waals surface area (Å²) in [5.74, 6) is -2.45. The largest absolute Gasteiger partial charge is 0.481 e. The normalized spacial score (nSPS) is 18.4. The number of amides is 2. The highest BCUT2D eigenvalue weighted by molar-refractivity contribution is 6.31. The summed E-state index contributed by atoms with van der Waals surface area (Å²) < 4.78 is 0. The number of nitrogens with zero attached hydrogens (tertiary/aromatic N) is 1. The third-order valence-electron chi connectivity index (χ3n) is 3.26. The maximum Gasteiger partial charge on any atom is 0.308 e. The van der Waals surface area contributed by atoms with Gasteiger partial charge < -0.3 is 15.7 Å². The second kappa shape index (κ2) is 5.50. The van der Waals surface area contributed by atoms with Gasteiger partial charge in [-0.15, -0.1) is 0 Å². The van der Waals surface area contributed by atoms with Crippen LogP contribution in [0.2, 0.25) is 5.02 Å². The number of rotatable bonds is 4. The molecule has 1 aliphatic rings. The van der Waals surface area contributed by atoms with Crippen LogP contribution in [-0.4, -0.2) is 34.3 Å². The van der Waals surface area contributed by atoms with Crippen molar-refractivity contribution in [2.75, 3.05) is 6.54 Å². The molecule has 2 amide bonds. The van der Waals surface area contributed by atoms with Gasteiger partial charge in [0.25, 0.3) is 0 Å². The minimum Gasteiger partial charge on any atom is -0.481 e. The van der Waals surface area contributed by atoms with Crippen LogP contribution in [0, 0.1) is 5.92 Å². The molecule has 1 aromatic carbocycles. The summed E-state index contributed by atoms with van der Waals surface area (Å²) in [5.41, 5.74) is 6.08. The highest BCUT2D eigenvalue weighted by Gasteiger charge is 2.34. The van der Waals surface area contributed by atoms with Crippen LogP contribution in [0.15, 0.2) is 18.2 Å². The lowest BCUT2D eigenvalue weighted by atomic mass is 10.1. The summed E-state index contributed by atoms with van der Waals surface area (Å²) in [6, 6.07) is 4.58. The Kier molecular flexibility index (Phi) is 3.94. The Bertz CT molecular complexity index is 588. The molecule has 1 aliphatic heterocycles. The van der Waals surface area contributed by atoms with Crippen molar-refractivity contribution in [1.82, 2.24) is 4.90 Å². The first kappa shape index (κ1) is 14.3. The molecular formula is C13H13ClN2O4. The summed E-state index contributed by atoms with van der Waals surface area (Å²) in [6.07, 6.45) is 0.00627. The van der Waals surface area contributed by atoms with E-state index >= 15 is 0 Å². The number of carboxylic acids is 1. The van der Waals surface area contributed by atoms with E-state index in [-0.39, 0.29) is 31.0 Å². The van der Waals surface area contributed by atoms with E-state index in [1.54, 1.807) is 6.07 Å². The van der Waals surface area contributed by atoms with Crippen molar-refractivity contribution >= 4 is 29.4 Å². The van der Waals surface area contributed by atoms with Crippen molar-refractivity contribution in [1.29, 1.82) is 0 Å². The monoisotopic (exact) mass is 296 g/mol. The standard InChI is InChI=1S/C13H13ClN2O4/c14-10-3-7(12(15)18)1-2-8(10)5-16-6-9(13(19)20)4-11(16)17/h1-3,9H,4-6H2,(H2,15,18)(H,19,20). The lowest BCUT2D eigenvalue weighted by molar-refractivity contribution is -0.141. The molecular weight excluding hydrogens is 284 g/mol. The molecule has 7 heteroatoms. The van der Waals surface area contributed by atoms with Crippen LogP contribution in [0.4, 0.5) is 0 Å². The highest BCUT2D eigenvalue weighted by atomic mass is 35.5. The molecule has 2 rings (SSSR count). The third kappa shape index (κ3) is 2.91. The fraction of sp³-hybridized carbons (Fsp3) is 0.308. The van der Waals surface area contributed by atoms with Gasteiger partial charge in [0.05, 0.1) is 5.92 Å². The molecule has 3 N–H and O–H groups in total. The van der Waals surface area contributed by atoms with E-state index in [1.165, 1.54) is 17.0 Å². The van der Waals surface area contributed by atoms with Crippen molar-refractivity contribution in [3.63, 3.8) is 0 Å². The lowest BCUT2D eigenvalue weighted by Crippen LogP contribution is -2.26. The molecule has 20 heavy (non-hydrogen) atoms. The fourth-order valence-corrected chi connectivity index (χ4v) is 2.37. The minimum absolute atomic E-state index is 0.00627. The van der Waals surface area contributed by atoms with Gasteiger partial charge in [0.2, 0.25) is 11.8 Å². The SMILES string of the molecule is NC(=O)c1ccc(CN2CC(C(=O)O)CC2=O)c(Cl)c1. The molecule has 0 spiro atoms. The van der Waals surface area contributed by atoms with E-state index in [4.69, 9.17) is 22.4 Å². The summed E-state index contributed by atoms with van der Waals surface area (Å²) >= 11 is 6.04. The molecule has 0 aromatic heterocycles. The molecule has 0 saturated carbocycles. The lowest BCUT2D eigenvalue weighted by Gasteiger charge is -2.17. The Morgan fingerprint density at radius 2 is 2.15 bits per heavy atom. The summed E-state index contributed by atoms with van der Waals surface area (Å²) in [7, 11) is 0. The van der Waals surface area contributed by atoms with Crippen molar-refractivity contribution in [3.05, 3.63) is 34.3 Å². The number of likely N-dealkylation sites (tertiary alicyclic amines) is 1. The van der Waals surface area contributed by atoms with Gasteiger partial charge in [-0.25, -0.2) is 0 Å². The number of carbonyl (C=O) groups is 3. The number of carboxylic acid groups (broad SMARTS) is 1. The number of primary amides is 1. The molecule has 1 saturated heterocycles. The van der Waals surface area contributed by atoms with Gasteiger partial charge in [0.1, 0.15) is 0 Å². The van der Waals surface area contributed by atoms with Crippen LogP contribution in [0.1, 0.15) is 22.3 Å². The molecule has 0 bridgehead atoms. The van der Waals surface area contributed by atoms with Crippen LogP contribution < -0.4 is 5.73 Å². The van der Waals surface area contributed by atoms with E-state index in [0.29, 0.717) is 10.6 Å². The Hall–Kier alpha value is -2.08. The van der Waals surface area contributed by atoms with Gasteiger partial charge in [0.15, 0.2) is 0 Å². The topological polar surface area (TPSA) is 101 Å². The Morgan fingerprint density at radius 1 is 1.45 bits per heavy atom. The first-order valence-corrected chi connectivity index (χ1v) is 6.35. The quantitative estimate of drug-likeness (QED) is 0.861. The van der Waals surface area contributed by atoms with Crippen molar-refractivity contribution in [3.8, 4) is 0 Å². The molecule has 1 atom stereocenters. The van der Waals surface area contributed by atoms with E-state index in [1.807, 2.05) is 0 Å². The number of aliphatic carboxylic acids is 1. The van der Waals surface area contributed by atoms with Gasteiger partial charge in [-0.3, -0.25) is 14.4 Å². The van der Waals surface area contributed by atoms with Crippen LogP contribution in [0.3, 0.4) is 0 Å². The van der Waals surface area contributed by atoms with Crippen LogP contribution in [-0.2, 0) is 16.1 Å². The molecule has 1 fully saturated rings. The third-order valence-corrected chi connectivity index (χ3v) is 3.61. The number of hydrogen-bond donors (Lipinski definition) is 2. The zero-order chi connectivity index (χ0) is 14.9. The van der Waals surface area contributed by atoms with Crippen LogP contribution in [0.25, 0.3) is 0 Å². The minimum atomic E-state index is -0.976. The molecule has 1 aromatic rings. The zero-order valence-electron chi connectivity index (χ0n) is 10.5. The summed E-state index contributed by atoms with van der Waals surface area (Å²) in [5, 5.41) is 9.24. The molecule has 6 nitrogen and oxygen atoms in total. The van der Waals surface area contributed by atoms with Gasteiger partial charge >= 0.3 is 5.97 Å². The predicted molar refractivity (Wildman–Crippen MR) is 71.1 cm³/mol. The number of nitrogens with two attached hydrogens (primary N) is 1. The Balaban J connectivity index is 2.13. The number of benzene rings is 1. The van der Waals surface area contributed by atoms with Crippen molar-refractivity contribution in [2.45, 2.75) is 13.0 Å². The predicted octanol–water partition coefficient (Wildman–Crippen LogP) is 0.872. The average Bonchev–Trinajstić information content (AvgIpc) is 2.73. The fourth-order valence-electron chi connectivity index (χ4n) is 2.12. The highest BCUT2D eigenvalue weighted by Crippen LogP contribution is 2.24. The second-order valence-electron chi connectivity index (χ2n) is 4.68. The van der Waals surface area contributed by atoms with Gasteiger partial charge in [-0.1, -0.05) is 17.7 Å². The van der Waals surface area contributed by atoms with Crippen molar-refractivity contribution in [2.24, 2.45) is 11.7 Å². The number of hydrogen-bond acceptors (Lipinski definition) is 3. The summed E-state index contributed by atoms with van der Waals surface area (Å²) in [4.78, 5) is 35.1. The number of halogens is 1. The summed E-state index contributed by atoms with van der Waals surface area (Å²) in [6.45, 7) is 0.391. The van der Waals surface area contributed by atoms with Gasteiger partial charge in [0, 0.05) is 30.1 Å². The van der Waals surface area contributed by atoms with E-state index < -0.39 is 17.8 Å². The molecule has 1 unspecified atom stereocenters. The maximum absolute atomic E-state index is 11.7. The van der Waals surface area contributed by atoms with Crippen LogP contribution >= 0.6 is 11.6 Å². The second-order valence-corrected chi connectivity index (χ2v) is 5.09. The first-order chi connectivity index (χ1) is 9.38.